The number of fused-ring (bicyclic) bond motifs is 1. The number of carbonyl (C=O) groups excluding carboxylic acids is 2. The van der Waals surface area contributed by atoms with Gasteiger partial charge in [-0.15, -0.1) is 0 Å². The summed E-state index contributed by atoms with van der Waals surface area (Å²) in [6.45, 7) is 1.89. The number of anilines is 2. The number of rotatable bonds is 4. The molecule has 0 saturated carbocycles. The molecule has 4 aromatic rings. The van der Waals surface area contributed by atoms with Crippen LogP contribution in [-0.4, -0.2) is 16.8 Å². The van der Waals surface area contributed by atoms with E-state index in [1.54, 1.807) is 36.4 Å². The van der Waals surface area contributed by atoms with Crippen molar-refractivity contribution in [1.29, 1.82) is 0 Å². The highest BCUT2D eigenvalue weighted by Crippen LogP contribution is 2.27. The smallest absolute Gasteiger partial charge is 0.259 e. The summed E-state index contributed by atoms with van der Waals surface area (Å²) in [5.41, 5.74) is 2.98. The molecule has 0 radical (unpaired) electrons. The Balaban J connectivity index is 1.59. The summed E-state index contributed by atoms with van der Waals surface area (Å²) in [4.78, 5) is 29.9. The van der Waals surface area contributed by atoms with Gasteiger partial charge in [-0.1, -0.05) is 46.7 Å². The van der Waals surface area contributed by atoms with Crippen LogP contribution < -0.4 is 10.6 Å². The first-order valence-electron chi connectivity index (χ1n) is 8.84. The highest BCUT2D eigenvalue weighted by molar-refractivity contribution is 7.22. The molecule has 2 N–H and O–H groups in total. The molecule has 0 fully saturated rings. The van der Waals surface area contributed by atoms with Crippen LogP contribution in [0, 0.1) is 6.92 Å². The Morgan fingerprint density at radius 2 is 1.69 bits per heavy atom. The van der Waals surface area contributed by atoms with Crippen LogP contribution in [-0.2, 0) is 0 Å². The first-order valence-corrected chi connectivity index (χ1v) is 10.0. The number of benzene rings is 3. The Bertz CT molecular complexity index is 1190. The van der Waals surface area contributed by atoms with Gasteiger partial charge >= 0.3 is 0 Å². The Labute approximate surface area is 176 Å². The third kappa shape index (κ3) is 4.29. The summed E-state index contributed by atoms with van der Waals surface area (Å²) in [7, 11) is 0. The predicted octanol–water partition coefficient (Wildman–Crippen LogP) is 5.76. The fraction of sp³-hybridized carbons (Fsp3) is 0.0455. The maximum atomic E-state index is 12.9. The fourth-order valence-corrected chi connectivity index (χ4v) is 3.83. The number of amides is 2. The number of nitrogens with one attached hydrogen (secondary N) is 2. The summed E-state index contributed by atoms with van der Waals surface area (Å²) in [6.07, 6.45) is 0. The fourth-order valence-electron chi connectivity index (χ4n) is 2.84. The molecule has 0 bridgehead atoms. The molecule has 0 saturated heterocycles. The molecule has 29 heavy (non-hydrogen) atoms. The average Bonchev–Trinajstić information content (AvgIpc) is 3.12. The lowest BCUT2D eigenvalue weighted by Crippen LogP contribution is -2.18. The van der Waals surface area contributed by atoms with Crippen molar-refractivity contribution in [1.82, 2.24) is 4.98 Å². The van der Waals surface area contributed by atoms with Crippen molar-refractivity contribution >= 4 is 55.8 Å². The molecule has 3 aromatic carbocycles. The molecular weight excluding hydrogens is 406 g/mol. The van der Waals surface area contributed by atoms with E-state index in [0.29, 0.717) is 27.0 Å². The van der Waals surface area contributed by atoms with Crippen LogP contribution >= 0.6 is 22.9 Å². The number of carbonyl (C=O) groups is 2. The number of nitrogens with zero attached hydrogens (tertiary/aromatic N) is 1. The second kappa shape index (κ2) is 8.03. The molecule has 4 rings (SSSR count). The van der Waals surface area contributed by atoms with Crippen LogP contribution in [0.1, 0.15) is 26.3 Å². The van der Waals surface area contributed by atoms with E-state index in [4.69, 9.17) is 11.6 Å². The SMILES string of the molecule is Cc1ccc(NC(=O)c2ccc(Cl)cc2)c(C(=O)Nc2nc3ccccc3s2)c1. The van der Waals surface area contributed by atoms with Gasteiger partial charge < -0.3 is 5.32 Å². The van der Waals surface area contributed by atoms with Gasteiger partial charge in [0.15, 0.2) is 5.13 Å². The van der Waals surface area contributed by atoms with E-state index >= 15 is 0 Å². The van der Waals surface area contributed by atoms with Gasteiger partial charge in [0.25, 0.3) is 11.8 Å². The van der Waals surface area contributed by atoms with Crippen molar-refractivity contribution < 1.29 is 9.59 Å². The van der Waals surface area contributed by atoms with Crippen molar-refractivity contribution in [3.05, 3.63) is 88.4 Å². The number of hydrogen-bond donors (Lipinski definition) is 2. The van der Waals surface area contributed by atoms with Crippen molar-refractivity contribution in [2.45, 2.75) is 6.92 Å². The molecule has 5 nitrogen and oxygen atoms in total. The number of hydrogen-bond acceptors (Lipinski definition) is 4. The maximum Gasteiger partial charge on any atom is 0.259 e. The summed E-state index contributed by atoms with van der Waals surface area (Å²) in [5, 5.41) is 6.70. The lowest BCUT2D eigenvalue weighted by atomic mass is 10.1. The summed E-state index contributed by atoms with van der Waals surface area (Å²) >= 11 is 7.28. The third-order valence-electron chi connectivity index (χ3n) is 4.29. The van der Waals surface area contributed by atoms with Crippen LogP contribution in [0.15, 0.2) is 66.7 Å². The van der Waals surface area contributed by atoms with E-state index in [1.807, 2.05) is 37.3 Å². The lowest BCUT2D eigenvalue weighted by molar-refractivity contribution is 0.102. The summed E-state index contributed by atoms with van der Waals surface area (Å²) < 4.78 is 0.989. The van der Waals surface area contributed by atoms with Crippen molar-refractivity contribution in [3.8, 4) is 0 Å². The van der Waals surface area contributed by atoms with Gasteiger partial charge in [0.2, 0.25) is 0 Å². The molecular formula is C22H16ClN3O2S. The Hall–Kier alpha value is -3.22. The molecule has 7 heteroatoms. The zero-order valence-electron chi connectivity index (χ0n) is 15.4. The third-order valence-corrected chi connectivity index (χ3v) is 5.49. The number of aromatic nitrogens is 1. The highest BCUT2D eigenvalue weighted by atomic mass is 35.5. The van der Waals surface area contributed by atoms with Gasteiger partial charge in [-0.2, -0.15) is 0 Å². The first-order chi connectivity index (χ1) is 14.0. The van der Waals surface area contributed by atoms with Gasteiger partial charge in [-0.3, -0.25) is 14.9 Å². The Morgan fingerprint density at radius 1 is 0.931 bits per heavy atom. The number of halogens is 1. The number of aryl methyl sites for hydroxylation is 1. The molecule has 0 atom stereocenters. The first kappa shape index (κ1) is 19.1. The molecule has 1 heterocycles. The van der Waals surface area contributed by atoms with Gasteiger partial charge in [-0.05, 0) is 55.5 Å². The van der Waals surface area contributed by atoms with Crippen LogP contribution in [0.2, 0.25) is 5.02 Å². The monoisotopic (exact) mass is 421 g/mol. The Morgan fingerprint density at radius 3 is 2.45 bits per heavy atom. The molecule has 144 valence electrons. The number of thiazole rings is 1. The van der Waals surface area contributed by atoms with Crippen molar-refractivity contribution in [2.75, 3.05) is 10.6 Å². The molecule has 0 aliphatic heterocycles. The van der Waals surface area contributed by atoms with Crippen LogP contribution in [0.3, 0.4) is 0 Å². The van der Waals surface area contributed by atoms with Gasteiger partial charge in [-0.25, -0.2) is 4.98 Å². The molecule has 0 aliphatic rings. The minimum atomic E-state index is -0.334. The summed E-state index contributed by atoms with van der Waals surface area (Å²) in [5.74, 6) is -0.654. The maximum absolute atomic E-state index is 12.9. The van der Waals surface area contributed by atoms with E-state index in [-0.39, 0.29) is 11.8 Å². The van der Waals surface area contributed by atoms with E-state index in [1.165, 1.54) is 11.3 Å². The van der Waals surface area contributed by atoms with Crippen LogP contribution in [0.5, 0.6) is 0 Å². The van der Waals surface area contributed by atoms with Crippen molar-refractivity contribution in [3.63, 3.8) is 0 Å². The zero-order valence-corrected chi connectivity index (χ0v) is 17.0. The quantitative estimate of drug-likeness (QED) is 0.440. The topological polar surface area (TPSA) is 71.1 Å². The van der Waals surface area contributed by atoms with Crippen molar-refractivity contribution in [2.24, 2.45) is 0 Å². The van der Waals surface area contributed by atoms with E-state index in [9.17, 15) is 9.59 Å². The van der Waals surface area contributed by atoms with Gasteiger partial charge in [0.05, 0.1) is 21.5 Å². The molecule has 2 amide bonds. The minimum absolute atomic E-state index is 0.320. The molecule has 0 aliphatic carbocycles. The van der Waals surface area contributed by atoms with E-state index in [0.717, 1.165) is 15.8 Å². The van der Waals surface area contributed by atoms with Crippen LogP contribution in [0.4, 0.5) is 10.8 Å². The average molecular weight is 422 g/mol. The molecule has 0 unspecified atom stereocenters. The van der Waals surface area contributed by atoms with Gasteiger partial charge in [0, 0.05) is 10.6 Å². The van der Waals surface area contributed by atoms with E-state index in [2.05, 4.69) is 15.6 Å². The zero-order chi connectivity index (χ0) is 20.4. The predicted molar refractivity (Wildman–Crippen MR) is 118 cm³/mol. The van der Waals surface area contributed by atoms with Crippen LogP contribution in [0.25, 0.3) is 10.2 Å². The normalized spacial score (nSPS) is 10.7. The second-order valence-corrected chi connectivity index (χ2v) is 7.92. The molecule has 1 aromatic heterocycles. The lowest BCUT2D eigenvalue weighted by Gasteiger charge is -2.12. The molecule has 0 spiro atoms. The highest BCUT2D eigenvalue weighted by Gasteiger charge is 2.16. The second-order valence-electron chi connectivity index (χ2n) is 6.45. The number of para-hydroxylation sites is 1. The largest absolute Gasteiger partial charge is 0.321 e. The van der Waals surface area contributed by atoms with Gasteiger partial charge in [0.1, 0.15) is 0 Å². The summed E-state index contributed by atoms with van der Waals surface area (Å²) in [6, 6.07) is 19.5. The van der Waals surface area contributed by atoms with E-state index < -0.39 is 0 Å². The minimum Gasteiger partial charge on any atom is -0.321 e. The standard InChI is InChI=1S/C22H16ClN3O2S/c1-13-6-11-17(24-20(27)14-7-9-15(23)10-8-14)16(12-13)21(28)26-22-25-18-4-2-3-5-19(18)29-22/h2-12H,1H3,(H,24,27)(H,25,26,28). The Kier molecular flexibility index (Phi) is 5.29.